The Morgan fingerprint density at radius 2 is 1.58 bits per heavy atom. The van der Waals surface area contributed by atoms with Gasteiger partial charge in [0.1, 0.15) is 0 Å². The first-order valence-corrected chi connectivity index (χ1v) is 11.1. The largest absolute Gasteiger partial charge is 0.330 e. The van der Waals surface area contributed by atoms with Crippen LogP contribution in [0, 0.1) is 19.8 Å². The molecule has 0 radical (unpaired) electrons. The number of benzene rings is 1. The molecule has 26 heavy (non-hydrogen) atoms. The number of nitrogens with zero attached hydrogens (tertiary/aromatic N) is 2. The second-order valence-corrected chi connectivity index (χ2v) is 5.92. The monoisotopic (exact) mass is 381 g/mol. The molecule has 0 aliphatic rings. The Bertz CT molecular complexity index is 508. The van der Waals surface area contributed by atoms with Crippen LogP contribution in [0.5, 0.6) is 0 Å². The van der Waals surface area contributed by atoms with Crippen molar-refractivity contribution in [2.45, 2.75) is 75.8 Å². The molecule has 1 heterocycles. The Kier molecular flexibility index (Phi) is 24.4. The minimum absolute atomic E-state index is 0.680. The van der Waals surface area contributed by atoms with E-state index >= 15 is 0 Å². The molecule has 0 aliphatic carbocycles. The van der Waals surface area contributed by atoms with Crippen molar-refractivity contribution in [2.24, 2.45) is 5.92 Å². The van der Waals surface area contributed by atoms with Crippen molar-refractivity contribution in [1.29, 1.82) is 0 Å². The smallest absolute Gasteiger partial charge is 0.0518 e. The first kappa shape index (κ1) is 29.3. The Balaban J connectivity index is -0.000000316. The summed E-state index contributed by atoms with van der Waals surface area (Å²) in [4.78, 5) is 0. The molecule has 0 atom stereocenters. The first-order chi connectivity index (χ1) is 12.5. The van der Waals surface area contributed by atoms with Gasteiger partial charge < -0.3 is 4.72 Å². The summed E-state index contributed by atoms with van der Waals surface area (Å²) in [5.74, 6) is 0.680. The van der Waals surface area contributed by atoms with Crippen LogP contribution in [0.4, 0.5) is 5.69 Å². The fraction of sp³-hybridized carbons (Fsp3) is 0.591. The Morgan fingerprint density at radius 1 is 1.00 bits per heavy atom. The van der Waals surface area contributed by atoms with E-state index in [4.69, 9.17) is 0 Å². The van der Waals surface area contributed by atoms with Crippen LogP contribution in [0.15, 0.2) is 36.7 Å². The molecule has 4 heteroatoms. The summed E-state index contributed by atoms with van der Waals surface area (Å²) < 4.78 is 5.15. The highest BCUT2D eigenvalue weighted by Gasteiger charge is 1.96. The van der Waals surface area contributed by atoms with Crippen LogP contribution in [-0.2, 0) is 6.54 Å². The van der Waals surface area contributed by atoms with Crippen molar-refractivity contribution in [3.63, 3.8) is 0 Å². The summed E-state index contributed by atoms with van der Waals surface area (Å²) in [6.45, 7) is 21.6. The maximum atomic E-state index is 4.17. The Hall–Kier alpha value is -1.42. The van der Waals surface area contributed by atoms with Crippen molar-refractivity contribution >= 4 is 17.6 Å². The average Bonchev–Trinajstić information content (AvgIpc) is 3.05. The molecule has 0 aliphatic heterocycles. The number of hydrogen-bond acceptors (Lipinski definition) is 3. The van der Waals surface area contributed by atoms with Gasteiger partial charge in [-0.05, 0) is 43.0 Å². The molecule has 0 spiro atoms. The van der Waals surface area contributed by atoms with Gasteiger partial charge in [-0.1, -0.05) is 79.5 Å². The third-order valence-corrected chi connectivity index (χ3v) is 2.99. The van der Waals surface area contributed by atoms with E-state index in [1.807, 2.05) is 64.7 Å². The lowest BCUT2D eigenvalue weighted by atomic mass is 10.2. The number of aromatic nitrogens is 2. The molecule has 0 saturated heterocycles. The molecule has 1 N–H and O–H groups in total. The van der Waals surface area contributed by atoms with E-state index < -0.39 is 0 Å². The van der Waals surface area contributed by atoms with Crippen LogP contribution in [0.3, 0.4) is 0 Å². The molecule has 0 unspecified atom stereocenters. The standard InChI is InChI=1S/C8H14N2.C8H11NS.3C2H6/c1-7(2)5-10-6-8(3)4-9-10;1-7-4-3-5-8(6-7)9-10-2;3*1-2/h4,6-7H,5H2,1-3H3;3-6,9H,1-2H3;3*1-2H3. The van der Waals surface area contributed by atoms with Gasteiger partial charge in [0.15, 0.2) is 0 Å². The molecule has 0 bridgehead atoms. The van der Waals surface area contributed by atoms with E-state index in [1.165, 1.54) is 16.8 Å². The van der Waals surface area contributed by atoms with Crippen molar-refractivity contribution < 1.29 is 0 Å². The number of anilines is 1. The number of nitrogens with one attached hydrogen (secondary N) is 1. The van der Waals surface area contributed by atoms with Crippen molar-refractivity contribution in [1.82, 2.24) is 9.78 Å². The second kappa shape index (κ2) is 21.6. The summed E-state index contributed by atoms with van der Waals surface area (Å²) in [6.07, 6.45) is 5.98. The zero-order valence-electron chi connectivity index (χ0n) is 19.1. The molecule has 1 aromatic carbocycles. The van der Waals surface area contributed by atoms with Crippen molar-refractivity contribution in [3.05, 3.63) is 47.8 Å². The molecule has 1 aromatic heterocycles. The zero-order chi connectivity index (χ0) is 21.0. The van der Waals surface area contributed by atoms with Crippen LogP contribution in [0.25, 0.3) is 0 Å². The van der Waals surface area contributed by atoms with Gasteiger partial charge in [-0.25, -0.2) is 0 Å². The van der Waals surface area contributed by atoms with E-state index in [1.54, 1.807) is 11.9 Å². The van der Waals surface area contributed by atoms with E-state index in [0.29, 0.717) is 5.92 Å². The number of rotatable bonds is 4. The van der Waals surface area contributed by atoms with Crippen molar-refractivity contribution in [2.75, 3.05) is 11.0 Å². The summed E-state index contributed by atoms with van der Waals surface area (Å²) in [6, 6.07) is 8.32. The van der Waals surface area contributed by atoms with Crippen LogP contribution in [-0.4, -0.2) is 16.0 Å². The molecule has 0 saturated carbocycles. The number of aryl methyl sites for hydroxylation is 2. The first-order valence-electron chi connectivity index (χ1n) is 9.86. The van der Waals surface area contributed by atoms with Gasteiger partial charge >= 0.3 is 0 Å². The lowest BCUT2D eigenvalue weighted by Crippen LogP contribution is -2.03. The Labute approximate surface area is 168 Å². The second-order valence-electron chi connectivity index (χ2n) is 5.31. The van der Waals surface area contributed by atoms with Crippen LogP contribution in [0.1, 0.15) is 66.5 Å². The Morgan fingerprint density at radius 3 is 1.96 bits per heavy atom. The highest BCUT2D eigenvalue weighted by molar-refractivity contribution is 7.99. The maximum Gasteiger partial charge on any atom is 0.0518 e. The van der Waals surface area contributed by atoms with Gasteiger partial charge in [-0.2, -0.15) is 5.10 Å². The van der Waals surface area contributed by atoms with E-state index in [2.05, 4.69) is 61.9 Å². The van der Waals surface area contributed by atoms with Gasteiger partial charge in [0.2, 0.25) is 0 Å². The highest BCUT2D eigenvalue weighted by atomic mass is 32.2. The van der Waals surface area contributed by atoms with E-state index in [0.717, 1.165) is 6.54 Å². The van der Waals surface area contributed by atoms with Crippen LogP contribution < -0.4 is 4.72 Å². The van der Waals surface area contributed by atoms with E-state index in [-0.39, 0.29) is 0 Å². The predicted octanol–water partition coefficient (Wildman–Crippen LogP) is 7.61. The molecule has 0 amide bonds. The van der Waals surface area contributed by atoms with Crippen molar-refractivity contribution in [3.8, 4) is 0 Å². The average molecular weight is 382 g/mol. The fourth-order valence-corrected chi connectivity index (χ4v) is 2.13. The lowest BCUT2D eigenvalue weighted by Gasteiger charge is -2.02. The molecule has 2 aromatic rings. The molecular formula is C22H43N3S. The topological polar surface area (TPSA) is 29.9 Å². The normalized spacial score (nSPS) is 8.46. The summed E-state index contributed by atoms with van der Waals surface area (Å²) in [5, 5.41) is 4.17. The van der Waals surface area contributed by atoms with Gasteiger partial charge in [0.25, 0.3) is 0 Å². The molecule has 152 valence electrons. The number of hydrogen-bond donors (Lipinski definition) is 1. The zero-order valence-corrected chi connectivity index (χ0v) is 19.9. The van der Waals surface area contributed by atoms with Crippen LogP contribution in [0.2, 0.25) is 0 Å². The summed E-state index contributed by atoms with van der Waals surface area (Å²) in [7, 11) is 0. The third kappa shape index (κ3) is 17.4. The van der Waals surface area contributed by atoms with Crippen LogP contribution >= 0.6 is 11.9 Å². The minimum Gasteiger partial charge on any atom is -0.330 e. The highest BCUT2D eigenvalue weighted by Crippen LogP contribution is 2.12. The summed E-state index contributed by atoms with van der Waals surface area (Å²) >= 11 is 1.61. The van der Waals surface area contributed by atoms with Gasteiger partial charge in [-0.3, -0.25) is 4.68 Å². The molecule has 2 rings (SSSR count). The molecule has 3 nitrogen and oxygen atoms in total. The van der Waals surface area contributed by atoms with Gasteiger partial charge in [-0.15, -0.1) is 0 Å². The minimum atomic E-state index is 0.680. The quantitative estimate of drug-likeness (QED) is 0.553. The third-order valence-electron chi connectivity index (χ3n) is 2.55. The molecule has 0 fully saturated rings. The summed E-state index contributed by atoms with van der Waals surface area (Å²) in [5.41, 5.74) is 3.70. The lowest BCUT2D eigenvalue weighted by molar-refractivity contribution is 0.483. The predicted molar refractivity (Wildman–Crippen MR) is 124 cm³/mol. The van der Waals surface area contributed by atoms with Gasteiger partial charge in [0, 0.05) is 24.7 Å². The SMILES string of the molecule is CC.CC.CC.CSNc1cccc(C)c1.Cc1cnn(CC(C)C)c1. The maximum absolute atomic E-state index is 4.17. The van der Waals surface area contributed by atoms with Gasteiger partial charge in [0.05, 0.1) is 6.20 Å². The fourth-order valence-electron chi connectivity index (χ4n) is 1.77. The van der Waals surface area contributed by atoms with E-state index in [9.17, 15) is 0 Å². The molecular weight excluding hydrogens is 338 g/mol.